The SMILES string of the molecule is c1ccc(-n2c3ccccc3c3cc(-n4c5ccccc5c5c6cc(-c7ccc8oc9ccccc9c8c7)ccc6n(-c6ccc7c(c6)c6ccccc6n7-c6ccccc6)c54)ccc32)cc1. The molecule has 0 radical (unpaired) electrons. The molecule has 5 aromatic heterocycles. The van der Waals surface area contributed by atoms with Crippen molar-refractivity contribution >= 4 is 98.4 Å². The molecule has 5 nitrogen and oxygen atoms in total. The summed E-state index contributed by atoms with van der Waals surface area (Å²) in [7, 11) is 0. The van der Waals surface area contributed by atoms with Gasteiger partial charge in [-0.2, -0.15) is 0 Å². The highest BCUT2D eigenvalue weighted by Gasteiger charge is 2.25. The number of benzene rings is 10. The van der Waals surface area contributed by atoms with Crippen LogP contribution in [-0.2, 0) is 0 Å². The van der Waals surface area contributed by atoms with Gasteiger partial charge in [-0.1, -0.05) is 121 Å². The van der Waals surface area contributed by atoms with Gasteiger partial charge in [-0.05, 0) is 120 Å². The van der Waals surface area contributed by atoms with E-state index in [-0.39, 0.29) is 0 Å². The summed E-state index contributed by atoms with van der Waals surface area (Å²) in [6.07, 6.45) is 0. The van der Waals surface area contributed by atoms with Gasteiger partial charge in [-0.25, -0.2) is 0 Å². The molecular formula is C62H38N4O. The van der Waals surface area contributed by atoms with Gasteiger partial charge >= 0.3 is 0 Å². The lowest BCUT2D eigenvalue weighted by atomic mass is 10.0. The predicted molar refractivity (Wildman–Crippen MR) is 279 cm³/mol. The Labute approximate surface area is 383 Å². The minimum Gasteiger partial charge on any atom is -0.456 e. The molecule has 0 saturated carbocycles. The molecule has 10 aromatic carbocycles. The predicted octanol–water partition coefficient (Wildman–Crippen LogP) is 16.5. The van der Waals surface area contributed by atoms with Crippen molar-refractivity contribution in [3.05, 3.63) is 231 Å². The van der Waals surface area contributed by atoms with Crippen LogP contribution >= 0.6 is 0 Å². The van der Waals surface area contributed by atoms with Gasteiger partial charge in [0.2, 0.25) is 0 Å². The fourth-order valence-corrected chi connectivity index (χ4v) is 11.3. The van der Waals surface area contributed by atoms with Crippen LogP contribution in [0.4, 0.5) is 0 Å². The maximum absolute atomic E-state index is 6.27. The van der Waals surface area contributed by atoms with Crippen molar-refractivity contribution in [1.29, 1.82) is 0 Å². The van der Waals surface area contributed by atoms with Crippen LogP contribution in [0.2, 0.25) is 0 Å². The van der Waals surface area contributed by atoms with E-state index in [9.17, 15) is 0 Å². The minimum atomic E-state index is 0.899. The van der Waals surface area contributed by atoms with Crippen molar-refractivity contribution in [2.75, 3.05) is 0 Å². The van der Waals surface area contributed by atoms with E-state index in [1.54, 1.807) is 0 Å². The molecule has 0 unspecified atom stereocenters. The Hall–Kier alpha value is -9.06. The fraction of sp³-hybridized carbons (Fsp3) is 0. The van der Waals surface area contributed by atoms with Crippen LogP contribution in [0.5, 0.6) is 0 Å². The largest absolute Gasteiger partial charge is 0.456 e. The van der Waals surface area contributed by atoms with Gasteiger partial charge in [0.1, 0.15) is 16.8 Å². The first-order chi connectivity index (χ1) is 33.2. The van der Waals surface area contributed by atoms with Crippen LogP contribution in [-0.4, -0.2) is 18.3 Å². The normalized spacial score (nSPS) is 12.2. The zero-order valence-corrected chi connectivity index (χ0v) is 36.1. The number of hydrogen-bond acceptors (Lipinski definition) is 1. The molecule has 0 aliphatic heterocycles. The quantitative estimate of drug-likeness (QED) is 0.170. The number of fused-ring (bicyclic) bond motifs is 14. The molecule has 5 heterocycles. The van der Waals surface area contributed by atoms with Gasteiger partial charge in [0.25, 0.3) is 0 Å². The van der Waals surface area contributed by atoms with E-state index in [4.69, 9.17) is 4.42 Å². The molecule has 0 aliphatic carbocycles. The maximum atomic E-state index is 6.27. The first-order valence-electron chi connectivity index (χ1n) is 22.9. The van der Waals surface area contributed by atoms with E-state index in [1.165, 1.54) is 59.8 Å². The molecule has 0 aliphatic rings. The van der Waals surface area contributed by atoms with Crippen molar-refractivity contribution in [2.45, 2.75) is 0 Å². The van der Waals surface area contributed by atoms with Crippen LogP contribution in [0, 0.1) is 0 Å². The third-order valence-electron chi connectivity index (χ3n) is 14.1. The third kappa shape index (κ3) is 5.14. The van der Waals surface area contributed by atoms with E-state index in [2.05, 4.69) is 237 Å². The van der Waals surface area contributed by atoms with Crippen LogP contribution < -0.4 is 0 Å². The van der Waals surface area contributed by atoms with E-state index < -0.39 is 0 Å². The highest BCUT2D eigenvalue weighted by atomic mass is 16.3. The molecular weight excluding hydrogens is 817 g/mol. The summed E-state index contributed by atoms with van der Waals surface area (Å²) in [5, 5.41) is 10.8. The standard InChI is InChI=1S/C62H38N4O/c1-3-15-41(16-4-1)63-53-23-11-7-19-45(53)49-37-43(29-32-56(49)63)65-55-25-13-9-22-48(55)61-52-36-39(40-28-34-60-51(35-40)47-21-10-14-26-59(47)67-60)27-31-58(52)66(62(61)65)44-30-33-57-50(38-44)46-20-8-12-24-54(46)64(57)42-17-5-2-6-18-42/h1-38H. The van der Waals surface area contributed by atoms with E-state index in [0.29, 0.717) is 0 Å². The lowest BCUT2D eigenvalue weighted by molar-refractivity contribution is 0.669. The summed E-state index contributed by atoms with van der Waals surface area (Å²) < 4.78 is 16.1. The molecule has 0 saturated heterocycles. The second-order valence-corrected chi connectivity index (χ2v) is 17.7. The molecule has 0 atom stereocenters. The van der Waals surface area contributed by atoms with Gasteiger partial charge in [-0.3, -0.25) is 9.13 Å². The number of aromatic nitrogens is 4. The van der Waals surface area contributed by atoms with Crippen molar-refractivity contribution in [3.8, 4) is 33.9 Å². The molecule has 312 valence electrons. The lowest BCUT2D eigenvalue weighted by Gasteiger charge is -2.14. The molecule has 15 aromatic rings. The number of nitrogens with zero attached hydrogens (tertiary/aromatic N) is 4. The van der Waals surface area contributed by atoms with Crippen molar-refractivity contribution in [1.82, 2.24) is 18.3 Å². The van der Waals surface area contributed by atoms with Crippen molar-refractivity contribution in [2.24, 2.45) is 0 Å². The molecule has 67 heavy (non-hydrogen) atoms. The second kappa shape index (κ2) is 13.7. The molecule has 0 fully saturated rings. The van der Waals surface area contributed by atoms with E-state index in [0.717, 1.165) is 72.5 Å². The molecule has 0 spiro atoms. The third-order valence-corrected chi connectivity index (χ3v) is 14.1. The molecule has 0 bridgehead atoms. The van der Waals surface area contributed by atoms with Crippen molar-refractivity contribution < 1.29 is 4.42 Å². The zero-order chi connectivity index (χ0) is 43.7. The van der Waals surface area contributed by atoms with Gasteiger partial charge in [0, 0.05) is 71.2 Å². The van der Waals surface area contributed by atoms with Gasteiger partial charge in [0.15, 0.2) is 0 Å². The minimum absolute atomic E-state index is 0.899. The smallest absolute Gasteiger partial charge is 0.135 e. The van der Waals surface area contributed by atoms with Crippen molar-refractivity contribution in [3.63, 3.8) is 0 Å². The summed E-state index contributed by atoms with van der Waals surface area (Å²) in [6, 6.07) is 83.9. The summed E-state index contributed by atoms with van der Waals surface area (Å²) in [5.41, 5.74) is 16.8. The highest BCUT2D eigenvalue weighted by molar-refractivity contribution is 6.24. The fourth-order valence-electron chi connectivity index (χ4n) is 11.3. The Bertz CT molecular complexity index is 4500. The molecule has 0 N–H and O–H groups in total. The van der Waals surface area contributed by atoms with Crippen LogP contribution in [0.25, 0.3) is 132 Å². The average Bonchev–Trinajstić information content (AvgIpc) is 4.19. The summed E-state index contributed by atoms with van der Waals surface area (Å²) in [5.74, 6) is 0. The summed E-state index contributed by atoms with van der Waals surface area (Å²) in [6.45, 7) is 0. The van der Waals surface area contributed by atoms with Crippen LogP contribution in [0.15, 0.2) is 235 Å². The molecule has 5 heteroatoms. The van der Waals surface area contributed by atoms with E-state index >= 15 is 0 Å². The Morgan fingerprint density at radius 2 is 0.657 bits per heavy atom. The number of para-hydroxylation sites is 6. The maximum Gasteiger partial charge on any atom is 0.135 e. The van der Waals surface area contributed by atoms with Gasteiger partial charge < -0.3 is 13.6 Å². The Balaban J connectivity index is 1.04. The number of rotatable bonds is 5. The topological polar surface area (TPSA) is 32.9 Å². The Morgan fingerprint density at radius 3 is 1.25 bits per heavy atom. The first kappa shape index (κ1) is 36.3. The first-order valence-corrected chi connectivity index (χ1v) is 22.9. The lowest BCUT2D eigenvalue weighted by Crippen LogP contribution is -2.02. The monoisotopic (exact) mass is 854 g/mol. The van der Waals surface area contributed by atoms with E-state index in [1.807, 2.05) is 12.1 Å². The van der Waals surface area contributed by atoms with Gasteiger partial charge in [0.05, 0.1) is 33.1 Å². The zero-order valence-electron chi connectivity index (χ0n) is 36.1. The Morgan fingerprint density at radius 1 is 0.239 bits per heavy atom. The molecule has 15 rings (SSSR count). The summed E-state index contributed by atoms with van der Waals surface area (Å²) >= 11 is 0. The molecule has 0 amide bonds. The van der Waals surface area contributed by atoms with Crippen LogP contribution in [0.3, 0.4) is 0 Å². The summed E-state index contributed by atoms with van der Waals surface area (Å²) in [4.78, 5) is 0. The number of furan rings is 1. The average molecular weight is 855 g/mol. The van der Waals surface area contributed by atoms with Gasteiger partial charge in [-0.15, -0.1) is 0 Å². The Kier molecular flexibility index (Phi) is 7.44. The highest BCUT2D eigenvalue weighted by Crippen LogP contribution is 2.45. The second-order valence-electron chi connectivity index (χ2n) is 17.7. The number of hydrogen-bond donors (Lipinski definition) is 0. The van der Waals surface area contributed by atoms with Crippen LogP contribution in [0.1, 0.15) is 0 Å².